The first kappa shape index (κ1) is 15.0. The third-order valence-corrected chi connectivity index (χ3v) is 6.10. The fourth-order valence-corrected chi connectivity index (χ4v) is 4.82. The molecule has 0 spiro atoms. The number of nitrogens with two attached hydrogens (primary N) is 1. The van der Waals surface area contributed by atoms with Crippen LogP contribution < -0.4 is 5.32 Å². The molecule has 0 fully saturated rings. The first-order valence-corrected chi connectivity index (χ1v) is 9.68. The van der Waals surface area contributed by atoms with Crippen molar-refractivity contribution in [3.05, 3.63) is 113 Å². The van der Waals surface area contributed by atoms with Gasteiger partial charge in [-0.05, 0) is 52.9 Å². The third-order valence-electron chi connectivity index (χ3n) is 6.10. The second-order valence-corrected chi connectivity index (χ2v) is 7.60. The van der Waals surface area contributed by atoms with E-state index in [4.69, 9.17) is 0 Å². The molecular weight excluding hydrogens is 328 g/mol. The molecule has 0 amide bonds. The number of aromatic nitrogens is 1. The maximum Gasteiger partial charge on any atom is 0.153 e. The molecule has 4 aromatic rings. The van der Waals surface area contributed by atoms with Crippen LogP contribution in [0.1, 0.15) is 34.0 Å². The Labute approximate surface area is 159 Å². The summed E-state index contributed by atoms with van der Waals surface area (Å²) in [4.78, 5) is 0. The average Bonchev–Trinajstić information content (AvgIpc) is 3.29. The van der Waals surface area contributed by atoms with Crippen LogP contribution in [0.2, 0.25) is 0 Å². The van der Waals surface area contributed by atoms with Crippen molar-refractivity contribution in [1.82, 2.24) is 4.57 Å². The number of rotatable bonds is 1. The fourth-order valence-electron chi connectivity index (χ4n) is 4.82. The van der Waals surface area contributed by atoms with Gasteiger partial charge in [0.2, 0.25) is 0 Å². The molecule has 6 rings (SSSR count). The Morgan fingerprint density at radius 2 is 1.56 bits per heavy atom. The molecule has 1 aromatic heterocycles. The van der Waals surface area contributed by atoms with Gasteiger partial charge in [0.15, 0.2) is 6.04 Å². The van der Waals surface area contributed by atoms with E-state index in [0.717, 1.165) is 13.0 Å². The Balaban J connectivity index is 1.45. The fraction of sp³-hybridized carbons (Fsp3) is 0.120. The number of hydrogen-bond donors (Lipinski definition) is 1. The van der Waals surface area contributed by atoms with Gasteiger partial charge in [-0.3, -0.25) is 0 Å². The van der Waals surface area contributed by atoms with E-state index in [1.54, 1.807) is 0 Å². The van der Waals surface area contributed by atoms with Gasteiger partial charge in [-0.15, -0.1) is 0 Å². The molecule has 3 aromatic carbocycles. The van der Waals surface area contributed by atoms with Crippen LogP contribution in [0.15, 0.2) is 85.1 Å². The molecule has 2 N–H and O–H groups in total. The Morgan fingerprint density at radius 3 is 2.52 bits per heavy atom. The van der Waals surface area contributed by atoms with Crippen LogP contribution in [0, 0.1) is 0 Å². The molecule has 1 atom stereocenters. The zero-order valence-corrected chi connectivity index (χ0v) is 15.1. The first-order valence-electron chi connectivity index (χ1n) is 9.68. The van der Waals surface area contributed by atoms with Crippen molar-refractivity contribution < 1.29 is 5.32 Å². The normalized spacial score (nSPS) is 16.8. The highest BCUT2D eigenvalue weighted by molar-refractivity contribution is 5.77. The highest BCUT2D eigenvalue weighted by Gasteiger charge is 2.27. The zero-order valence-electron chi connectivity index (χ0n) is 15.1. The lowest BCUT2D eigenvalue weighted by atomic mass is 9.97. The monoisotopic (exact) mass is 349 g/mol. The molecular formula is C25H21N2+. The number of quaternary nitrogens is 1. The summed E-state index contributed by atoms with van der Waals surface area (Å²) in [5, 5.41) is 2.47. The van der Waals surface area contributed by atoms with Gasteiger partial charge in [0.05, 0.1) is 11.4 Å². The van der Waals surface area contributed by atoms with Crippen molar-refractivity contribution >= 4 is 0 Å². The van der Waals surface area contributed by atoms with Gasteiger partial charge in [0.1, 0.15) is 6.54 Å². The SMILES string of the molecule is c1ccc2c(c1)Cc1cc(C3[NH2+]Cc4ccccc4-n4cccc43)ccc1-2. The molecule has 1 aliphatic heterocycles. The smallest absolute Gasteiger partial charge is 0.153 e. The van der Waals surface area contributed by atoms with E-state index in [1.807, 2.05) is 0 Å². The molecule has 0 bridgehead atoms. The predicted octanol–water partition coefficient (Wildman–Crippen LogP) is 4.21. The Kier molecular flexibility index (Phi) is 3.17. The number of hydrogen-bond acceptors (Lipinski definition) is 0. The van der Waals surface area contributed by atoms with E-state index >= 15 is 0 Å². The molecule has 0 saturated heterocycles. The van der Waals surface area contributed by atoms with E-state index in [0.29, 0.717) is 6.04 Å². The lowest BCUT2D eigenvalue weighted by Crippen LogP contribution is -2.83. The largest absolute Gasteiger partial charge is 0.331 e. The molecule has 2 nitrogen and oxygen atoms in total. The van der Waals surface area contributed by atoms with Crippen LogP contribution in [-0.2, 0) is 13.0 Å². The van der Waals surface area contributed by atoms with Gasteiger partial charge < -0.3 is 9.88 Å². The van der Waals surface area contributed by atoms with Crippen molar-refractivity contribution in [3.8, 4) is 16.8 Å². The van der Waals surface area contributed by atoms with Gasteiger partial charge in [-0.2, -0.15) is 0 Å². The standard InChI is InChI=1S/C25H20N2/c1-3-8-21-17(6-1)14-20-15-18(11-12-22(20)21)25-24-10-5-13-27(24)23-9-4-2-7-19(23)16-26-25/h1-13,15,25-26H,14,16H2/p+1. The third kappa shape index (κ3) is 2.23. The van der Waals surface area contributed by atoms with Gasteiger partial charge in [0, 0.05) is 17.3 Å². The van der Waals surface area contributed by atoms with Crippen molar-refractivity contribution in [2.45, 2.75) is 19.0 Å². The van der Waals surface area contributed by atoms with E-state index < -0.39 is 0 Å². The summed E-state index contributed by atoms with van der Waals surface area (Å²) in [5.41, 5.74) is 11.2. The highest BCUT2D eigenvalue weighted by Crippen LogP contribution is 2.38. The van der Waals surface area contributed by atoms with E-state index in [1.165, 1.54) is 44.8 Å². The zero-order chi connectivity index (χ0) is 17.8. The molecule has 2 aliphatic rings. The highest BCUT2D eigenvalue weighted by atomic mass is 15.1. The number of benzene rings is 3. The van der Waals surface area contributed by atoms with Crippen LogP contribution >= 0.6 is 0 Å². The van der Waals surface area contributed by atoms with E-state index in [9.17, 15) is 0 Å². The van der Waals surface area contributed by atoms with Crippen molar-refractivity contribution in [2.24, 2.45) is 0 Å². The maximum atomic E-state index is 2.47. The molecule has 1 aliphatic carbocycles. The summed E-state index contributed by atoms with van der Waals surface area (Å²) >= 11 is 0. The van der Waals surface area contributed by atoms with E-state index in [2.05, 4.69) is 94.9 Å². The van der Waals surface area contributed by atoms with Crippen molar-refractivity contribution in [1.29, 1.82) is 0 Å². The summed E-state index contributed by atoms with van der Waals surface area (Å²) in [6.45, 7) is 1.000. The van der Waals surface area contributed by atoms with Gasteiger partial charge in [0.25, 0.3) is 0 Å². The summed E-state index contributed by atoms with van der Waals surface area (Å²) in [6, 6.07) is 29.4. The quantitative estimate of drug-likeness (QED) is 0.468. The van der Waals surface area contributed by atoms with Crippen molar-refractivity contribution in [3.63, 3.8) is 0 Å². The molecule has 0 radical (unpaired) electrons. The summed E-state index contributed by atoms with van der Waals surface area (Å²) < 4.78 is 2.37. The number of fused-ring (bicyclic) bond motifs is 6. The lowest BCUT2D eigenvalue weighted by Gasteiger charge is -2.16. The van der Waals surface area contributed by atoms with Gasteiger partial charge in [-0.1, -0.05) is 54.6 Å². The molecule has 27 heavy (non-hydrogen) atoms. The summed E-state index contributed by atoms with van der Waals surface area (Å²) in [5.74, 6) is 0. The molecule has 2 heteroatoms. The summed E-state index contributed by atoms with van der Waals surface area (Å²) in [7, 11) is 0. The van der Waals surface area contributed by atoms with Crippen LogP contribution in [0.3, 0.4) is 0 Å². The van der Waals surface area contributed by atoms with Crippen LogP contribution in [-0.4, -0.2) is 4.57 Å². The minimum absolute atomic E-state index is 0.321. The Hall–Kier alpha value is -3.10. The Morgan fingerprint density at radius 1 is 0.741 bits per heavy atom. The van der Waals surface area contributed by atoms with Crippen molar-refractivity contribution in [2.75, 3.05) is 0 Å². The second-order valence-electron chi connectivity index (χ2n) is 7.60. The lowest BCUT2D eigenvalue weighted by molar-refractivity contribution is -0.702. The predicted molar refractivity (Wildman–Crippen MR) is 108 cm³/mol. The van der Waals surface area contributed by atoms with Crippen LogP contribution in [0.5, 0.6) is 0 Å². The average molecular weight is 349 g/mol. The number of para-hydroxylation sites is 1. The maximum absolute atomic E-state index is 2.47. The number of nitrogens with zero attached hydrogens (tertiary/aromatic N) is 1. The molecule has 2 heterocycles. The topological polar surface area (TPSA) is 21.5 Å². The molecule has 0 saturated carbocycles. The first-order chi connectivity index (χ1) is 13.4. The minimum atomic E-state index is 0.321. The molecule has 130 valence electrons. The molecule has 1 unspecified atom stereocenters. The summed E-state index contributed by atoms with van der Waals surface area (Å²) in [6.07, 6.45) is 3.25. The minimum Gasteiger partial charge on any atom is -0.331 e. The Bertz CT molecular complexity index is 1170. The van der Waals surface area contributed by atoms with E-state index in [-0.39, 0.29) is 0 Å². The van der Waals surface area contributed by atoms with Gasteiger partial charge >= 0.3 is 0 Å². The van der Waals surface area contributed by atoms with Gasteiger partial charge in [-0.25, -0.2) is 0 Å². The van der Waals surface area contributed by atoms with Crippen LogP contribution in [0.25, 0.3) is 16.8 Å². The van der Waals surface area contributed by atoms with Crippen LogP contribution in [0.4, 0.5) is 0 Å². The second kappa shape index (κ2) is 5.70.